The molecule has 0 saturated carbocycles. The van der Waals surface area contributed by atoms with E-state index in [2.05, 4.69) is 42.1 Å². The van der Waals surface area contributed by atoms with Crippen LogP contribution in [0.3, 0.4) is 0 Å². The number of halogens is 1. The first kappa shape index (κ1) is 31.2. The molecule has 0 aromatic heterocycles. The highest BCUT2D eigenvalue weighted by Crippen LogP contribution is 2.34. The highest BCUT2D eigenvalue weighted by molar-refractivity contribution is 5.83. The van der Waals surface area contributed by atoms with Crippen LogP contribution < -0.4 is 15.4 Å². The van der Waals surface area contributed by atoms with Gasteiger partial charge in [0.25, 0.3) is 6.47 Å². The first-order valence-electron chi connectivity index (χ1n) is 12.3. The van der Waals surface area contributed by atoms with E-state index in [0.717, 1.165) is 30.6 Å². The van der Waals surface area contributed by atoms with Crippen LogP contribution in [0.1, 0.15) is 59.4 Å². The molecule has 0 unspecified atom stereocenters. The van der Waals surface area contributed by atoms with E-state index in [9.17, 15) is 0 Å². The molecule has 37 heavy (non-hydrogen) atoms. The lowest BCUT2D eigenvalue weighted by Crippen LogP contribution is -2.14. The van der Waals surface area contributed by atoms with Gasteiger partial charge in [-0.25, -0.2) is 4.39 Å². The van der Waals surface area contributed by atoms with Crippen LogP contribution in [0.2, 0.25) is 0 Å². The number of hydrogen-bond donors (Lipinski definition) is 3. The number of nitrogens with zero attached hydrogens (tertiary/aromatic N) is 2. The van der Waals surface area contributed by atoms with Crippen molar-refractivity contribution in [2.24, 2.45) is 16.3 Å². The van der Waals surface area contributed by atoms with Gasteiger partial charge in [0.2, 0.25) is 0 Å². The number of carboxylic acid groups (broad SMARTS) is 1. The molecule has 3 N–H and O–H groups in total. The summed E-state index contributed by atoms with van der Waals surface area (Å²) in [6.45, 7) is 15.0. The van der Waals surface area contributed by atoms with Gasteiger partial charge in [0.1, 0.15) is 11.6 Å². The van der Waals surface area contributed by atoms with Crippen LogP contribution in [0.25, 0.3) is 5.70 Å². The first-order valence-corrected chi connectivity index (χ1v) is 12.3. The van der Waals surface area contributed by atoms with E-state index >= 15 is 4.39 Å². The zero-order valence-electron chi connectivity index (χ0n) is 22.5. The molecule has 7 nitrogen and oxygen atoms in total. The third kappa shape index (κ3) is 11.6. The minimum atomic E-state index is -0.433. The van der Waals surface area contributed by atoms with Crippen LogP contribution in [0.5, 0.6) is 5.75 Å². The second-order valence-corrected chi connectivity index (χ2v) is 9.53. The monoisotopic (exact) mass is 510 g/mol. The zero-order valence-corrected chi connectivity index (χ0v) is 22.5. The van der Waals surface area contributed by atoms with Gasteiger partial charge in [0, 0.05) is 42.0 Å². The molecule has 0 aliphatic rings. The fourth-order valence-corrected chi connectivity index (χ4v) is 3.36. The smallest absolute Gasteiger partial charge is 0.290 e. The highest BCUT2D eigenvalue weighted by atomic mass is 19.1. The summed E-state index contributed by atoms with van der Waals surface area (Å²) in [6.07, 6.45) is 4.36. The Morgan fingerprint density at radius 3 is 2.46 bits per heavy atom. The number of benzene rings is 2. The summed E-state index contributed by atoms with van der Waals surface area (Å²) in [7, 11) is 0. The normalized spacial score (nSPS) is 10.9. The lowest BCUT2D eigenvalue weighted by atomic mass is 9.91. The van der Waals surface area contributed by atoms with E-state index in [0.29, 0.717) is 41.8 Å². The van der Waals surface area contributed by atoms with Gasteiger partial charge < -0.3 is 20.5 Å². The Labute approximate surface area is 220 Å². The number of hydrogen-bond acceptors (Lipinski definition) is 6. The lowest BCUT2D eigenvalue weighted by Gasteiger charge is -2.17. The Hall–Kier alpha value is -3.86. The molecule has 200 valence electrons. The summed E-state index contributed by atoms with van der Waals surface area (Å²) in [5.41, 5.74) is 2.58. The van der Waals surface area contributed by atoms with E-state index in [1.54, 1.807) is 19.2 Å². The Kier molecular flexibility index (Phi) is 13.5. The fourth-order valence-electron chi connectivity index (χ4n) is 3.36. The topological polar surface area (TPSA) is 107 Å². The summed E-state index contributed by atoms with van der Waals surface area (Å²) in [5.74, 6) is 0.643. The number of nitrogens with one attached hydrogen (secondary N) is 2. The third-order valence-corrected chi connectivity index (χ3v) is 5.37. The van der Waals surface area contributed by atoms with Crippen molar-refractivity contribution in [1.29, 1.82) is 5.26 Å². The van der Waals surface area contributed by atoms with E-state index in [1.165, 1.54) is 6.07 Å². The average molecular weight is 511 g/mol. The molecule has 0 aliphatic heterocycles. The number of anilines is 2. The predicted molar refractivity (Wildman–Crippen MR) is 150 cm³/mol. The van der Waals surface area contributed by atoms with Crippen LogP contribution in [-0.4, -0.2) is 30.9 Å². The molecule has 0 fully saturated rings. The second-order valence-electron chi connectivity index (χ2n) is 9.53. The quantitative estimate of drug-likeness (QED) is 0.146. The van der Waals surface area contributed by atoms with Crippen molar-refractivity contribution in [1.82, 2.24) is 0 Å². The molecule has 0 heterocycles. The van der Waals surface area contributed by atoms with Gasteiger partial charge in [-0.1, -0.05) is 20.4 Å². The van der Waals surface area contributed by atoms with Gasteiger partial charge in [-0.15, -0.1) is 0 Å². The van der Waals surface area contributed by atoms with Crippen molar-refractivity contribution in [3.8, 4) is 11.8 Å². The number of ether oxygens (including phenoxy) is 1. The molecule has 2 aromatic rings. The summed E-state index contributed by atoms with van der Waals surface area (Å²) >= 11 is 0. The number of aliphatic imine (C=N–C) groups is 1. The highest BCUT2D eigenvalue weighted by Gasteiger charge is 2.16. The van der Waals surface area contributed by atoms with Crippen LogP contribution in [0, 0.1) is 28.5 Å². The molecule has 2 rings (SSSR count). The van der Waals surface area contributed by atoms with Gasteiger partial charge in [0.05, 0.1) is 29.3 Å². The van der Waals surface area contributed by atoms with E-state index in [1.807, 2.05) is 38.1 Å². The van der Waals surface area contributed by atoms with Crippen molar-refractivity contribution < 1.29 is 19.0 Å². The van der Waals surface area contributed by atoms with Crippen molar-refractivity contribution >= 4 is 35.4 Å². The molecular formula is C29H39FN4O3. The van der Waals surface area contributed by atoms with Gasteiger partial charge in [-0.3, -0.25) is 9.79 Å². The molecule has 0 bridgehead atoms. The summed E-state index contributed by atoms with van der Waals surface area (Å²) < 4.78 is 20.8. The molecule has 0 radical (unpaired) electrons. The first-order chi connectivity index (χ1) is 17.6. The SMILES string of the molecule is C=C(Nc1ccc(NCCC(C)(C)C#N)cc1)c1c(F)cc(OCCCC(C)C)cc1N=CC.O=CO. The Morgan fingerprint density at radius 1 is 1.27 bits per heavy atom. The molecule has 0 atom stereocenters. The lowest BCUT2D eigenvalue weighted by molar-refractivity contribution is -0.122. The maximum atomic E-state index is 15.1. The molecule has 0 aliphatic carbocycles. The maximum Gasteiger partial charge on any atom is 0.290 e. The largest absolute Gasteiger partial charge is 0.493 e. The Morgan fingerprint density at radius 2 is 1.89 bits per heavy atom. The summed E-state index contributed by atoms with van der Waals surface area (Å²) in [6, 6.07) is 13.1. The Balaban J connectivity index is 0.00000217. The maximum absolute atomic E-state index is 15.1. The summed E-state index contributed by atoms with van der Waals surface area (Å²) in [4.78, 5) is 12.7. The second kappa shape index (κ2) is 16.0. The molecule has 2 aromatic carbocycles. The van der Waals surface area contributed by atoms with Crippen molar-refractivity contribution in [2.75, 3.05) is 23.8 Å². The van der Waals surface area contributed by atoms with Crippen molar-refractivity contribution in [3.63, 3.8) is 0 Å². The fraction of sp³-hybridized carbons (Fsp3) is 0.414. The van der Waals surface area contributed by atoms with Crippen LogP contribution in [0.4, 0.5) is 21.5 Å². The van der Waals surface area contributed by atoms with Crippen LogP contribution in [0.15, 0.2) is 48.0 Å². The predicted octanol–water partition coefficient (Wildman–Crippen LogP) is 7.50. The van der Waals surface area contributed by atoms with Gasteiger partial charge >= 0.3 is 0 Å². The van der Waals surface area contributed by atoms with Crippen LogP contribution >= 0.6 is 0 Å². The molecular weight excluding hydrogens is 471 g/mol. The number of carbonyl (C=O) groups is 1. The van der Waals surface area contributed by atoms with E-state index in [-0.39, 0.29) is 11.9 Å². The van der Waals surface area contributed by atoms with Gasteiger partial charge in [-0.2, -0.15) is 5.26 Å². The van der Waals surface area contributed by atoms with E-state index in [4.69, 9.17) is 19.9 Å². The average Bonchev–Trinajstić information content (AvgIpc) is 2.83. The van der Waals surface area contributed by atoms with Crippen molar-refractivity contribution in [2.45, 2.75) is 53.9 Å². The Bertz CT molecular complexity index is 1070. The van der Waals surface area contributed by atoms with Gasteiger partial charge in [0.15, 0.2) is 0 Å². The minimum Gasteiger partial charge on any atom is -0.493 e. The number of nitriles is 1. The minimum absolute atomic E-state index is 0.250. The number of rotatable bonds is 13. The summed E-state index contributed by atoms with van der Waals surface area (Å²) in [5, 5.41) is 22.5. The van der Waals surface area contributed by atoms with Crippen LogP contribution in [-0.2, 0) is 4.79 Å². The molecule has 0 saturated heterocycles. The molecule has 0 spiro atoms. The van der Waals surface area contributed by atoms with Crippen molar-refractivity contribution in [3.05, 3.63) is 54.4 Å². The molecule has 0 amide bonds. The third-order valence-electron chi connectivity index (χ3n) is 5.37. The zero-order chi connectivity index (χ0) is 27.8. The molecule has 8 heteroatoms. The standard InChI is InChI=1S/C28H37FN4O.CH2O2/c1-7-31-26-18-24(34-16-8-9-20(2)3)17-25(29)27(26)21(4)33-23-12-10-22(11-13-23)32-15-14-28(5,6)19-30;2-1-3/h7,10-13,17-18,20,32-33H,4,8-9,14-16H2,1-3,5-6H3;1H,(H,2,3). The van der Waals surface area contributed by atoms with E-state index < -0.39 is 5.82 Å². The van der Waals surface area contributed by atoms with Gasteiger partial charge in [-0.05, 0) is 70.2 Å².